The molecule has 1 aromatic carbocycles. The van der Waals surface area contributed by atoms with Gasteiger partial charge in [0.25, 0.3) is 0 Å². The summed E-state index contributed by atoms with van der Waals surface area (Å²) in [4.78, 5) is 14.9. The standard InChI is InChI=1S/C19H28N2O.ClH/c20-18-9-5-4-8-16(18)10-13-19(22)21(17-11-12-17)14-15-6-2-1-3-7-15;/h4-5,8-9,15,17H,1-3,6-7,10-14,20H2;1H. The van der Waals surface area contributed by atoms with Crippen LogP contribution in [-0.4, -0.2) is 23.4 Å². The fourth-order valence-electron chi connectivity index (χ4n) is 3.64. The molecule has 1 amide bonds. The highest BCUT2D eigenvalue weighted by Gasteiger charge is 2.33. The van der Waals surface area contributed by atoms with Gasteiger partial charge in [-0.1, -0.05) is 37.5 Å². The third kappa shape index (κ3) is 5.13. The summed E-state index contributed by atoms with van der Waals surface area (Å²) in [6.45, 7) is 0.994. The number of hydrogen-bond donors (Lipinski definition) is 1. The van der Waals surface area contributed by atoms with E-state index >= 15 is 0 Å². The third-order valence-electron chi connectivity index (χ3n) is 5.15. The lowest BCUT2D eigenvalue weighted by Crippen LogP contribution is -2.37. The van der Waals surface area contributed by atoms with Gasteiger partial charge in [-0.3, -0.25) is 4.79 Å². The molecule has 0 radical (unpaired) electrons. The van der Waals surface area contributed by atoms with Crippen LogP contribution in [0.3, 0.4) is 0 Å². The Morgan fingerprint density at radius 1 is 1.09 bits per heavy atom. The Bertz CT molecular complexity index is 510. The molecular weight excluding hydrogens is 308 g/mol. The molecule has 0 saturated heterocycles. The van der Waals surface area contributed by atoms with Crippen molar-refractivity contribution in [3.05, 3.63) is 29.8 Å². The van der Waals surface area contributed by atoms with Gasteiger partial charge >= 0.3 is 0 Å². The zero-order chi connectivity index (χ0) is 15.4. The van der Waals surface area contributed by atoms with Gasteiger partial charge in [0.05, 0.1) is 0 Å². The van der Waals surface area contributed by atoms with Gasteiger partial charge in [-0.05, 0) is 49.7 Å². The highest BCUT2D eigenvalue weighted by molar-refractivity contribution is 5.85. The monoisotopic (exact) mass is 336 g/mol. The SMILES string of the molecule is Cl.Nc1ccccc1CCC(=O)N(CC1CCCCC1)C1CC1. The van der Waals surface area contributed by atoms with Crippen LogP contribution in [0.5, 0.6) is 0 Å². The van der Waals surface area contributed by atoms with Crippen molar-refractivity contribution in [2.45, 2.75) is 63.8 Å². The van der Waals surface area contributed by atoms with Gasteiger partial charge in [0, 0.05) is 24.7 Å². The number of nitrogens with zero attached hydrogens (tertiary/aromatic N) is 1. The molecule has 2 fully saturated rings. The molecule has 2 aliphatic rings. The number of hydrogen-bond acceptors (Lipinski definition) is 2. The van der Waals surface area contributed by atoms with Gasteiger partial charge in [0.15, 0.2) is 0 Å². The Balaban J connectivity index is 0.00000192. The molecule has 1 aromatic rings. The molecule has 0 unspecified atom stereocenters. The summed E-state index contributed by atoms with van der Waals surface area (Å²) in [6, 6.07) is 8.42. The zero-order valence-electron chi connectivity index (χ0n) is 13.9. The summed E-state index contributed by atoms with van der Waals surface area (Å²) in [5, 5.41) is 0. The molecule has 0 spiro atoms. The number of nitrogens with two attached hydrogens (primary N) is 1. The van der Waals surface area contributed by atoms with Crippen molar-refractivity contribution in [2.24, 2.45) is 5.92 Å². The maximum atomic E-state index is 12.7. The van der Waals surface area contributed by atoms with E-state index in [1.807, 2.05) is 24.3 Å². The van der Waals surface area contributed by atoms with E-state index in [2.05, 4.69) is 4.90 Å². The van der Waals surface area contributed by atoms with E-state index in [1.54, 1.807) is 0 Å². The number of benzene rings is 1. The molecule has 0 atom stereocenters. The minimum Gasteiger partial charge on any atom is -0.399 e. The Kier molecular flexibility index (Phi) is 6.76. The lowest BCUT2D eigenvalue weighted by molar-refractivity contribution is -0.132. The van der Waals surface area contributed by atoms with Crippen molar-refractivity contribution in [2.75, 3.05) is 12.3 Å². The summed E-state index contributed by atoms with van der Waals surface area (Å²) < 4.78 is 0. The molecule has 2 saturated carbocycles. The van der Waals surface area contributed by atoms with E-state index in [-0.39, 0.29) is 12.4 Å². The molecule has 0 aliphatic heterocycles. The quantitative estimate of drug-likeness (QED) is 0.791. The molecule has 4 heteroatoms. The number of carbonyl (C=O) groups is 1. The minimum absolute atomic E-state index is 0. The van der Waals surface area contributed by atoms with Crippen LogP contribution in [0, 0.1) is 5.92 Å². The molecule has 2 aliphatic carbocycles. The highest BCUT2D eigenvalue weighted by Crippen LogP contribution is 2.32. The topological polar surface area (TPSA) is 46.3 Å². The Hall–Kier alpha value is -1.22. The van der Waals surface area contributed by atoms with Gasteiger partial charge < -0.3 is 10.6 Å². The van der Waals surface area contributed by atoms with Gasteiger partial charge in [0.1, 0.15) is 0 Å². The zero-order valence-corrected chi connectivity index (χ0v) is 14.7. The van der Waals surface area contributed by atoms with Crippen molar-refractivity contribution < 1.29 is 4.79 Å². The number of carbonyl (C=O) groups excluding carboxylic acids is 1. The number of para-hydroxylation sites is 1. The maximum absolute atomic E-state index is 12.7. The number of amides is 1. The summed E-state index contributed by atoms with van der Waals surface area (Å²) in [6.07, 6.45) is 10.4. The first-order valence-electron chi connectivity index (χ1n) is 8.87. The van der Waals surface area contributed by atoms with Crippen LogP contribution >= 0.6 is 12.4 Å². The number of nitrogen functional groups attached to an aromatic ring is 1. The maximum Gasteiger partial charge on any atom is 0.223 e. The summed E-state index contributed by atoms with van der Waals surface area (Å²) in [7, 11) is 0. The molecule has 2 N–H and O–H groups in total. The Labute approximate surface area is 146 Å². The van der Waals surface area contributed by atoms with Crippen LogP contribution in [-0.2, 0) is 11.2 Å². The minimum atomic E-state index is 0. The van der Waals surface area contributed by atoms with Crippen molar-refractivity contribution >= 4 is 24.0 Å². The predicted octanol–water partition coefficient (Wildman–Crippen LogP) is 4.19. The first-order valence-corrected chi connectivity index (χ1v) is 8.87. The molecule has 3 nitrogen and oxygen atoms in total. The fraction of sp³-hybridized carbons (Fsp3) is 0.632. The van der Waals surface area contributed by atoms with Crippen molar-refractivity contribution in [1.29, 1.82) is 0 Å². The average Bonchev–Trinajstić information content (AvgIpc) is 3.37. The summed E-state index contributed by atoms with van der Waals surface area (Å²) in [5.41, 5.74) is 7.89. The first kappa shape index (κ1) is 18.1. The Morgan fingerprint density at radius 2 is 1.78 bits per heavy atom. The van der Waals surface area contributed by atoms with Gasteiger partial charge in [-0.2, -0.15) is 0 Å². The van der Waals surface area contributed by atoms with Crippen LogP contribution in [0.25, 0.3) is 0 Å². The van der Waals surface area contributed by atoms with Gasteiger partial charge in [0.2, 0.25) is 5.91 Å². The van der Waals surface area contributed by atoms with E-state index in [4.69, 9.17) is 5.73 Å². The lowest BCUT2D eigenvalue weighted by Gasteiger charge is -2.30. The molecular formula is C19H29ClN2O. The molecule has 128 valence electrons. The normalized spacial score (nSPS) is 18.3. The van der Waals surface area contributed by atoms with Crippen LogP contribution in [0.4, 0.5) is 5.69 Å². The van der Waals surface area contributed by atoms with E-state index in [1.165, 1.54) is 44.9 Å². The van der Waals surface area contributed by atoms with Gasteiger partial charge in [-0.15, -0.1) is 12.4 Å². The number of halogens is 1. The second-order valence-corrected chi connectivity index (χ2v) is 6.98. The third-order valence-corrected chi connectivity index (χ3v) is 5.15. The van der Waals surface area contributed by atoms with Gasteiger partial charge in [-0.25, -0.2) is 0 Å². The van der Waals surface area contributed by atoms with Crippen molar-refractivity contribution in [1.82, 2.24) is 4.90 Å². The van der Waals surface area contributed by atoms with E-state index < -0.39 is 0 Å². The summed E-state index contributed by atoms with van der Waals surface area (Å²) >= 11 is 0. The van der Waals surface area contributed by atoms with Crippen molar-refractivity contribution in [3.63, 3.8) is 0 Å². The number of aryl methyl sites for hydroxylation is 1. The highest BCUT2D eigenvalue weighted by atomic mass is 35.5. The molecule has 0 bridgehead atoms. The van der Waals surface area contributed by atoms with E-state index in [0.29, 0.717) is 18.4 Å². The number of anilines is 1. The Morgan fingerprint density at radius 3 is 2.43 bits per heavy atom. The van der Waals surface area contributed by atoms with E-state index in [0.717, 1.165) is 30.1 Å². The number of rotatable bonds is 6. The molecule has 0 heterocycles. The summed E-state index contributed by atoms with van der Waals surface area (Å²) in [5.74, 6) is 1.07. The molecule has 23 heavy (non-hydrogen) atoms. The average molecular weight is 337 g/mol. The molecule has 0 aromatic heterocycles. The van der Waals surface area contributed by atoms with Crippen molar-refractivity contribution in [3.8, 4) is 0 Å². The first-order chi connectivity index (χ1) is 10.7. The lowest BCUT2D eigenvalue weighted by atomic mass is 9.89. The fourth-order valence-corrected chi connectivity index (χ4v) is 3.64. The van der Waals surface area contributed by atoms with Crippen LogP contribution in [0.2, 0.25) is 0 Å². The predicted molar refractivity (Wildman–Crippen MR) is 97.7 cm³/mol. The smallest absolute Gasteiger partial charge is 0.223 e. The molecule has 3 rings (SSSR count). The largest absolute Gasteiger partial charge is 0.399 e. The van der Waals surface area contributed by atoms with Crippen LogP contribution < -0.4 is 5.73 Å². The second-order valence-electron chi connectivity index (χ2n) is 6.98. The van der Waals surface area contributed by atoms with Crippen LogP contribution in [0.15, 0.2) is 24.3 Å². The second kappa shape index (κ2) is 8.58. The van der Waals surface area contributed by atoms with Crippen LogP contribution in [0.1, 0.15) is 56.9 Å². The van der Waals surface area contributed by atoms with E-state index in [9.17, 15) is 4.79 Å².